The molecule has 0 bridgehead atoms. The highest BCUT2D eigenvalue weighted by atomic mass is 16.5. The van der Waals surface area contributed by atoms with Crippen LogP contribution in [0.4, 0.5) is 0 Å². The molecule has 0 saturated carbocycles. The van der Waals surface area contributed by atoms with Crippen LogP contribution in [-0.4, -0.2) is 25.3 Å². The van der Waals surface area contributed by atoms with E-state index in [0.29, 0.717) is 17.4 Å². The molecule has 18 heavy (non-hydrogen) atoms. The molecule has 2 rings (SSSR count). The van der Waals surface area contributed by atoms with Crippen molar-refractivity contribution in [3.8, 4) is 11.5 Å². The molecule has 1 aliphatic carbocycles. The summed E-state index contributed by atoms with van der Waals surface area (Å²) in [4.78, 5) is 10.8. The van der Waals surface area contributed by atoms with Crippen LogP contribution in [0.15, 0.2) is 18.2 Å². The lowest BCUT2D eigenvalue weighted by atomic mass is 10.0. The van der Waals surface area contributed by atoms with Crippen molar-refractivity contribution in [1.29, 1.82) is 0 Å². The zero-order valence-corrected chi connectivity index (χ0v) is 10.7. The number of methoxy groups -OCH3 is 2. The van der Waals surface area contributed by atoms with Gasteiger partial charge in [-0.3, -0.25) is 0 Å². The van der Waals surface area contributed by atoms with Gasteiger partial charge in [0, 0.05) is 6.08 Å². The molecule has 1 aliphatic rings. The van der Waals surface area contributed by atoms with Crippen molar-refractivity contribution in [2.24, 2.45) is 0 Å². The second kappa shape index (κ2) is 4.72. The Morgan fingerprint density at radius 3 is 2.50 bits per heavy atom. The number of hydrogen-bond acceptors (Lipinski definition) is 3. The van der Waals surface area contributed by atoms with Gasteiger partial charge in [0.1, 0.15) is 0 Å². The van der Waals surface area contributed by atoms with Crippen molar-refractivity contribution < 1.29 is 19.4 Å². The number of fused-ring (bicyclic) bond motifs is 1. The van der Waals surface area contributed by atoms with E-state index < -0.39 is 5.97 Å². The molecule has 1 aromatic rings. The van der Waals surface area contributed by atoms with Crippen LogP contribution >= 0.6 is 0 Å². The summed E-state index contributed by atoms with van der Waals surface area (Å²) in [6, 6.07) is 3.79. The molecule has 96 valence electrons. The Hall–Kier alpha value is -1.97. The zero-order chi connectivity index (χ0) is 13.3. The van der Waals surface area contributed by atoms with E-state index in [4.69, 9.17) is 14.6 Å². The number of benzene rings is 1. The van der Waals surface area contributed by atoms with Gasteiger partial charge in [0.15, 0.2) is 11.5 Å². The van der Waals surface area contributed by atoms with Gasteiger partial charge in [-0.05, 0) is 41.2 Å². The lowest BCUT2D eigenvalue weighted by Crippen LogP contribution is -1.95. The van der Waals surface area contributed by atoms with Crippen LogP contribution in [0.2, 0.25) is 0 Å². The summed E-state index contributed by atoms with van der Waals surface area (Å²) in [6.45, 7) is 2.08. The van der Waals surface area contributed by atoms with Crippen molar-refractivity contribution in [2.45, 2.75) is 19.3 Å². The predicted octanol–water partition coefficient (Wildman–Crippen LogP) is 2.68. The van der Waals surface area contributed by atoms with Crippen LogP contribution < -0.4 is 9.47 Å². The van der Waals surface area contributed by atoms with Crippen molar-refractivity contribution in [3.05, 3.63) is 29.3 Å². The highest BCUT2D eigenvalue weighted by Crippen LogP contribution is 2.45. The Labute approximate surface area is 106 Å². The van der Waals surface area contributed by atoms with Crippen molar-refractivity contribution >= 4 is 11.5 Å². The molecule has 4 nitrogen and oxygen atoms in total. The highest BCUT2D eigenvalue weighted by molar-refractivity contribution is 5.92. The lowest BCUT2D eigenvalue weighted by Gasteiger charge is -2.11. The standard InChI is InChI=1S/C14H16O4/c1-8-4-9(5-14(15)16)11-7-13(18-3)12(17-2)6-10(8)11/h5-8H,4H2,1-3H3,(H,15,16)/b9-5+. The third-order valence-electron chi connectivity index (χ3n) is 3.26. The lowest BCUT2D eigenvalue weighted by molar-refractivity contribution is -0.131. The molecule has 0 fully saturated rings. The summed E-state index contributed by atoms with van der Waals surface area (Å²) in [7, 11) is 3.17. The SMILES string of the molecule is COc1cc2c(cc1OC)C(C)C/C2=C\C(=O)O. The van der Waals surface area contributed by atoms with E-state index in [1.807, 2.05) is 12.1 Å². The maximum Gasteiger partial charge on any atom is 0.328 e. The number of carbonyl (C=O) groups is 1. The van der Waals surface area contributed by atoms with Crippen molar-refractivity contribution in [3.63, 3.8) is 0 Å². The molecule has 0 spiro atoms. The monoisotopic (exact) mass is 248 g/mol. The van der Waals surface area contributed by atoms with Crippen LogP contribution in [-0.2, 0) is 4.79 Å². The van der Waals surface area contributed by atoms with Gasteiger partial charge in [-0.25, -0.2) is 4.79 Å². The fourth-order valence-corrected chi connectivity index (χ4v) is 2.42. The number of aliphatic carboxylic acids is 1. The first-order valence-electron chi connectivity index (χ1n) is 5.76. The fraction of sp³-hybridized carbons (Fsp3) is 0.357. The van der Waals surface area contributed by atoms with Gasteiger partial charge in [0.2, 0.25) is 0 Å². The summed E-state index contributed by atoms with van der Waals surface area (Å²) >= 11 is 0. The minimum atomic E-state index is -0.917. The van der Waals surface area contributed by atoms with Gasteiger partial charge >= 0.3 is 5.97 Å². The molecule has 0 amide bonds. The third kappa shape index (κ3) is 2.06. The number of ether oxygens (including phenoxy) is 2. The van der Waals surface area contributed by atoms with Crippen LogP contribution in [0, 0.1) is 0 Å². The van der Waals surface area contributed by atoms with Crippen molar-refractivity contribution in [2.75, 3.05) is 14.2 Å². The van der Waals surface area contributed by atoms with E-state index in [0.717, 1.165) is 23.1 Å². The van der Waals surface area contributed by atoms with E-state index in [9.17, 15) is 4.79 Å². The quantitative estimate of drug-likeness (QED) is 0.835. The summed E-state index contributed by atoms with van der Waals surface area (Å²) in [6.07, 6.45) is 2.01. The molecule has 0 aliphatic heterocycles. The minimum absolute atomic E-state index is 0.297. The number of hydrogen-bond donors (Lipinski definition) is 1. The van der Waals surface area contributed by atoms with E-state index in [1.54, 1.807) is 14.2 Å². The summed E-state index contributed by atoms with van der Waals surface area (Å²) in [5, 5.41) is 8.88. The first-order chi connectivity index (χ1) is 8.56. The number of carboxylic acid groups (broad SMARTS) is 1. The zero-order valence-electron chi connectivity index (χ0n) is 10.7. The summed E-state index contributed by atoms with van der Waals surface area (Å²) < 4.78 is 10.5. The first kappa shape index (κ1) is 12.5. The summed E-state index contributed by atoms with van der Waals surface area (Å²) in [5.41, 5.74) is 2.90. The molecule has 1 N–H and O–H groups in total. The summed E-state index contributed by atoms with van der Waals surface area (Å²) in [5.74, 6) is 0.687. The van der Waals surface area contributed by atoms with E-state index in [-0.39, 0.29) is 0 Å². The Bertz CT molecular complexity index is 517. The topological polar surface area (TPSA) is 55.8 Å². The van der Waals surface area contributed by atoms with E-state index >= 15 is 0 Å². The molecular weight excluding hydrogens is 232 g/mol. The molecule has 0 saturated heterocycles. The van der Waals surface area contributed by atoms with Gasteiger partial charge in [-0.2, -0.15) is 0 Å². The molecule has 1 aromatic carbocycles. The number of carboxylic acids is 1. The van der Waals surface area contributed by atoms with Gasteiger partial charge in [-0.15, -0.1) is 0 Å². The Morgan fingerprint density at radius 2 is 1.94 bits per heavy atom. The second-order valence-electron chi connectivity index (χ2n) is 4.41. The Balaban J connectivity index is 2.57. The Kier molecular flexibility index (Phi) is 3.28. The van der Waals surface area contributed by atoms with E-state index in [2.05, 4.69) is 6.92 Å². The van der Waals surface area contributed by atoms with Gasteiger partial charge < -0.3 is 14.6 Å². The van der Waals surface area contributed by atoms with Gasteiger partial charge in [0.05, 0.1) is 14.2 Å². The first-order valence-corrected chi connectivity index (χ1v) is 5.76. The largest absolute Gasteiger partial charge is 0.493 e. The van der Waals surface area contributed by atoms with Crippen molar-refractivity contribution in [1.82, 2.24) is 0 Å². The smallest absolute Gasteiger partial charge is 0.328 e. The maximum atomic E-state index is 10.8. The molecule has 0 heterocycles. The average Bonchev–Trinajstić information content (AvgIpc) is 2.63. The van der Waals surface area contributed by atoms with E-state index in [1.165, 1.54) is 6.08 Å². The predicted molar refractivity (Wildman–Crippen MR) is 68.2 cm³/mol. The minimum Gasteiger partial charge on any atom is -0.493 e. The molecule has 4 heteroatoms. The number of allylic oxidation sites excluding steroid dienone is 1. The fourth-order valence-electron chi connectivity index (χ4n) is 2.42. The van der Waals surface area contributed by atoms with Crippen LogP contribution in [0.1, 0.15) is 30.4 Å². The highest BCUT2D eigenvalue weighted by Gasteiger charge is 2.26. The van der Waals surface area contributed by atoms with Gasteiger partial charge in [-0.1, -0.05) is 6.92 Å². The van der Waals surface area contributed by atoms with Gasteiger partial charge in [0.25, 0.3) is 0 Å². The molecule has 0 aromatic heterocycles. The molecular formula is C14H16O4. The Morgan fingerprint density at radius 1 is 1.33 bits per heavy atom. The third-order valence-corrected chi connectivity index (χ3v) is 3.26. The number of rotatable bonds is 3. The van der Waals surface area contributed by atoms with Crippen LogP contribution in [0.25, 0.3) is 5.57 Å². The molecule has 1 atom stereocenters. The average molecular weight is 248 g/mol. The normalized spacial score (nSPS) is 19.7. The maximum absolute atomic E-state index is 10.8. The van der Waals surface area contributed by atoms with Crippen LogP contribution in [0.5, 0.6) is 11.5 Å². The molecule has 0 radical (unpaired) electrons. The molecule has 1 unspecified atom stereocenters. The second-order valence-corrected chi connectivity index (χ2v) is 4.41. The van der Waals surface area contributed by atoms with Crippen LogP contribution in [0.3, 0.4) is 0 Å².